The first kappa shape index (κ1) is 21.9. The molecule has 2 rings (SSSR count). The number of esters is 1. The van der Waals surface area contributed by atoms with Gasteiger partial charge < -0.3 is 14.9 Å². The van der Waals surface area contributed by atoms with Crippen LogP contribution in [0.1, 0.15) is 57.8 Å². The first-order chi connectivity index (χ1) is 12.4. The quantitative estimate of drug-likeness (QED) is 0.296. The zero-order chi connectivity index (χ0) is 19.0. The Morgan fingerprint density at radius 2 is 2.04 bits per heavy atom. The number of ether oxygens (including phenoxy) is 1. The molecule has 2 aliphatic rings. The van der Waals surface area contributed by atoms with Crippen LogP contribution in [0.5, 0.6) is 0 Å². The smallest absolute Gasteiger partial charge is 0.315 e. The van der Waals surface area contributed by atoms with Gasteiger partial charge >= 0.3 is 5.97 Å². The van der Waals surface area contributed by atoms with E-state index >= 15 is 0 Å². The summed E-state index contributed by atoms with van der Waals surface area (Å²) in [4.78, 5) is 11.1. The number of methoxy groups -OCH3 is 1. The van der Waals surface area contributed by atoms with Crippen molar-refractivity contribution in [1.82, 2.24) is 0 Å². The Hall–Kier alpha value is -0.410. The van der Waals surface area contributed by atoms with Crippen LogP contribution in [0.15, 0.2) is 0 Å². The zero-order valence-electron chi connectivity index (χ0n) is 15.6. The fraction of sp³-hybridized carbons (Fsp3) is 0.850. The number of aliphatic hydroxyl groups excluding tert-OH is 1. The third-order valence-corrected chi connectivity index (χ3v) is 7.00. The third-order valence-electron chi connectivity index (χ3n) is 5.48. The lowest BCUT2D eigenvalue weighted by atomic mass is 9.84. The number of hydrogen-bond donors (Lipinski definition) is 2. The number of carbonyl (C=O) groups excluding carboxylic acids is 1. The molecule has 2 fully saturated rings. The van der Waals surface area contributed by atoms with Crippen LogP contribution in [0.2, 0.25) is 0 Å². The maximum absolute atomic E-state index is 11.1. The minimum atomic E-state index is -0.878. The van der Waals surface area contributed by atoms with E-state index in [1.807, 2.05) is 0 Å². The highest BCUT2D eigenvalue weighted by Gasteiger charge is 2.40. The van der Waals surface area contributed by atoms with Crippen LogP contribution in [0.25, 0.3) is 0 Å². The largest absolute Gasteiger partial charge is 0.468 e. The van der Waals surface area contributed by atoms with E-state index < -0.39 is 11.7 Å². The van der Waals surface area contributed by atoms with Crippen LogP contribution in [0, 0.1) is 23.7 Å². The lowest BCUT2D eigenvalue weighted by Crippen LogP contribution is -2.30. The van der Waals surface area contributed by atoms with Crippen LogP contribution in [-0.2, 0) is 9.53 Å². The van der Waals surface area contributed by atoms with E-state index in [0.29, 0.717) is 12.2 Å². The number of alkyl halides is 1. The van der Waals surface area contributed by atoms with E-state index in [2.05, 4.69) is 16.6 Å². The molecule has 0 aromatic rings. The number of thioether (sulfide) groups is 1. The monoisotopic (exact) mass is 402 g/mol. The van der Waals surface area contributed by atoms with Crippen LogP contribution in [0.3, 0.4) is 0 Å². The fourth-order valence-corrected chi connectivity index (χ4v) is 5.21. The standard InChI is InChI=1S/C20H31ClO4S/c1-25-19(23)14-26-12-6-3-7-15-16(18(22)13-17(15)21)8-11-20(24)9-4-2-5-10-20/h15-18,22,24H,2-7,9-10,12-14H2,1H3/t15-,16-,17-,18-/m1/s1. The van der Waals surface area contributed by atoms with Crippen molar-refractivity contribution in [3.05, 3.63) is 0 Å². The summed E-state index contributed by atoms with van der Waals surface area (Å²) in [7, 11) is 1.40. The molecule has 0 saturated heterocycles. The van der Waals surface area contributed by atoms with Crippen molar-refractivity contribution in [3.8, 4) is 11.8 Å². The van der Waals surface area contributed by atoms with Gasteiger partial charge in [0.05, 0.1) is 24.9 Å². The second kappa shape index (κ2) is 10.8. The van der Waals surface area contributed by atoms with E-state index in [4.69, 9.17) is 11.6 Å². The SMILES string of the molecule is COC(=O)CSCCCC[C@@H]1[C@@H](C#CC2(O)CCCCC2)[C@H](O)C[C@H]1Cl. The van der Waals surface area contributed by atoms with Gasteiger partial charge in [-0.1, -0.05) is 24.7 Å². The van der Waals surface area contributed by atoms with Gasteiger partial charge in [0.15, 0.2) is 0 Å². The zero-order valence-corrected chi connectivity index (χ0v) is 17.2. The van der Waals surface area contributed by atoms with Gasteiger partial charge in [-0.2, -0.15) is 11.8 Å². The topological polar surface area (TPSA) is 66.8 Å². The van der Waals surface area contributed by atoms with Gasteiger partial charge in [0.2, 0.25) is 0 Å². The highest BCUT2D eigenvalue weighted by molar-refractivity contribution is 7.99. The molecule has 0 unspecified atom stereocenters. The molecule has 2 aliphatic carbocycles. The van der Waals surface area contributed by atoms with Crippen molar-refractivity contribution >= 4 is 29.3 Å². The summed E-state index contributed by atoms with van der Waals surface area (Å²) in [6.07, 6.45) is 7.64. The number of unbranched alkanes of at least 4 members (excludes halogenated alkanes) is 1. The lowest BCUT2D eigenvalue weighted by molar-refractivity contribution is -0.137. The highest BCUT2D eigenvalue weighted by atomic mass is 35.5. The number of hydrogen-bond acceptors (Lipinski definition) is 5. The number of carbonyl (C=O) groups is 1. The molecule has 2 N–H and O–H groups in total. The number of rotatable bonds is 7. The van der Waals surface area contributed by atoms with Gasteiger partial charge in [-0.05, 0) is 56.6 Å². The van der Waals surface area contributed by atoms with E-state index in [0.717, 1.165) is 57.1 Å². The molecule has 0 amide bonds. The molecule has 0 aliphatic heterocycles. The van der Waals surface area contributed by atoms with Crippen molar-refractivity contribution < 1.29 is 19.7 Å². The Morgan fingerprint density at radius 3 is 2.73 bits per heavy atom. The average Bonchev–Trinajstić information content (AvgIpc) is 2.89. The second-order valence-corrected chi connectivity index (χ2v) is 9.16. The Kier molecular flexibility index (Phi) is 9.09. The predicted molar refractivity (Wildman–Crippen MR) is 106 cm³/mol. The molecule has 4 nitrogen and oxygen atoms in total. The third kappa shape index (κ3) is 6.64. The summed E-state index contributed by atoms with van der Waals surface area (Å²) < 4.78 is 4.62. The van der Waals surface area contributed by atoms with Crippen molar-refractivity contribution in [3.63, 3.8) is 0 Å². The maximum atomic E-state index is 11.1. The van der Waals surface area contributed by atoms with Crippen molar-refractivity contribution in [2.75, 3.05) is 18.6 Å². The van der Waals surface area contributed by atoms with Gasteiger partial charge in [0.25, 0.3) is 0 Å². The predicted octanol–water partition coefficient (Wildman–Crippen LogP) is 3.37. The maximum Gasteiger partial charge on any atom is 0.315 e. The molecular formula is C20H31ClO4S. The summed E-state index contributed by atoms with van der Waals surface area (Å²) in [6.45, 7) is 0. The molecule has 4 atom stereocenters. The van der Waals surface area contributed by atoms with Gasteiger partial charge in [-0.3, -0.25) is 4.79 Å². The Balaban J connectivity index is 1.81. The van der Waals surface area contributed by atoms with Gasteiger partial charge in [0, 0.05) is 5.38 Å². The van der Waals surface area contributed by atoms with Gasteiger partial charge in [-0.25, -0.2) is 0 Å². The van der Waals surface area contributed by atoms with Crippen LogP contribution >= 0.6 is 23.4 Å². The molecule has 0 spiro atoms. The Labute approximate surface area is 166 Å². The molecular weight excluding hydrogens is 372 g/mol. The minimum Gasteiger partial charge on any atom is -0.468 e. The molecule has 148 valence electrons. The summed E-state index contributed by atoms with van der Waals surface area (Å²) >= 11 is 8.05. The highest BCUT2D eigenvalue weighted by Crippen LogP contribution is 2.39. The minimum absolute atomic E-state index is 0.0620. The molecule has 0 bridgehead atoms. The van der Waals surface area contributed by atoms with Crippen LogP contribution in [0.4, 0.5) is 0 Å². The van der Waals surface area contributed by atoms with Crippen molar-refractivity contribution in [2.45, 2.75) is 74.9 Å². The fourth-order valence-electron chi connectivity index (χ4n) is 3.90. The number of halogens is 1. The van der Waals surface area contributed by atoms with E-state index in [1.165, 1.54) is 7.11 Å². The summed E-state index contributed by atoms with van der Waals surface area (Å²) in [6, 6.07) is 0. The molecule has 0 heterocycles. The lowest BCUT2D eigenvalue weighted by Gasteiger charge is -2.27. The molecule has 2 saturated carbocycles. The van der Waals surface area contributed by atoms with Crippen molar-refractivity contribution in [1.29, 1.82) is 0 Å². The summed E-state index contributed by atoms with van der Waals surface area (Å²) in [5.41, 5.74) is -0.878. The Morgan fingerprint density at radius 1 is 1.31 bits per heavy atom. The normalized spacial score (nSPS) is 30.5. The number of aliphatic hydroxyl groups is 2. The molecule has 0 aromatic heterocycles. The average molecular weight is 403 g/mol. The Bertz CT molecular complexity index is 510. The van der Waals surface area contributed by atoms with E-state index in [-0.39, 0.29) is 23.2 Å². The van der Waals surface area contributed by atoms with Crippen LogP contribution < -0.4 is 0 Å². The summed E-state index contributed by atoms with van der Waals surface area (Å²) in [5, 5.41) is 20.9. The summed E-state index contributed by atoms with van der Waals surface area (Å²) in [5.74, 6) is 7.41. The molecule has 0 aromatic carbocycles. The van der Waals surface area contributed by atoms with Gasteiger partial charge in [-0.15, -0.1) is 11.6 Å². The first-order valence-corrected chi connectivity index (χ1v) is 11.3. The van der Waals surface area contributed by atoms with Crippen molar-refractivity contribution in [2.24, 2.45) is 11.8 Å². The second-order valence-electron chi connectivity index (χ2n) is 7.49. The van der Waals surface area contributed by atoms with Crippen LogP contribution in [-0.4, -0.2) is 51.9 Å². The molecule has 0 radical (unpaired) electrons. The molecule has 26 heavy (non-hydrogen) atoms. The van der Waals surface area contributed by atoms with E-state index in [9.17, 15) is 15.0 Å². The molecule has 6 heteroatoms. The van der Waals surface area contributed by atoms with E-state index in [1.54, 1.807) is 11.8 Å². The first-order valence-electron chi connectivity index (χ1n) is 9.67. The van der Waals surface area contributed by atoms with Gasteiger partial charge in [0.1, 0.15) is 5.60 Å².